The molecule has 51 heavy (non-hydrogen) atoms. The van der Waals surface area contributed by atoms with Crippen LogP contribution in [0, 0.1) is 0 Å². The predicted molar refractivity (Wildman–Crippen MR) is 175 cm³/mol. The molecule has 2 fully saturated rings. The predicted octanol–water partition coefficient (Wildman–Crippen LogP) is -3.78. The SMILES string of the molecule is CC(=O)NC1C(OCCCCC(=O)NCCCCC(C=O)NC(=O)CCCCOC2OC(CO)C(O)C(O)C2NC(C)=O)OC(CO)C(O)C1O. The van der Waals surface area contributed by atoms with Gasteiger partial charge in [0.1, 0.15) is 55.0 Å². The van der Waals surface area contributed by atoms with Crippen molar-refractivity contribution < 1.29 is 73.6 Å². The molecule has 19 nitrogen and oxygen atoms in total. The molecule has 11 unspecified atom stereocenters. The van der Waals surface area contributed by atoms with Crippen molar-refractivity contribution in [2.75, 3.05) is 33.0 Å². The third-order valence-electron chi connectivity index (χ3n) is 8.44. The van der Waals surface area contributed by atoms with Crippen molar-refractivity contribution in [2.45, 2.75) is 139 Å². The number of unbranched alkanes of at least 4 members (excludes halogenated alkanes) is 3. The molecule has 10 N–H and O–H groups in total. The molecule has 0 aliphatic carbocycles. The van der Waals surface area contributed by atoms with Crippen LogP contribution in [0.5, 0.6) is 0 Å². The summed E-state index contributed by atoms with van der Waals surface area (Å²) in [6, 6.07) is -2.77. The minimum absolute atomic E-state index is 0.101. The Balaban J connectivity index is 1.56. The van der Waals surface area contributed by atoms with Crippen LogP contribution >= 0.6 is 0 Å². The van der Waals surface area contributed by atoms with Crippen LogP contribution < -0.4 is 21.3 Å². The summed E-state index contributed by atoms with van der Waals surface area (Å²) in [4.78, 5) is 59.1. The van der Waals surface area contributed by atoms with Crippen LogP contribution in [0.25, 0.3) is 0 Å². The Morgan fingerprint density at radius 3 is 1.59 bits per heavy atom. The Bertz CT molecular complexity index is 1090. The van der Waals surface area contributed by atoms with Gasteiger partial charge in [0, 0.05) is 46.4 Å². The molecule has 0 spiro atoms. The fourth-order valence-electron chi connectivity index (χ4n) is 5.66. The molecular weight excluding hydrogens is 680 g/mol. The van der Waals surface area contributed by atoms with Gasteiger partial charge in [-0.15, -0.1) is 0 Å². The maximum Gasteiger partial charge on any atom is 0.220 e. The number of carbonyl (C=O) groups is 5. The summed E-state index contributed by atoms with van der Waals surface area (Å²) in [7, 11) is 0. The summed E-state index contributed by atoms with van der Waals surface area (Å²) in [5.74, 6) is -1.42. The average molecular weight is 737 g/mol. The fourth-order valence-corrected chi connectivity index (χ4v) is 5.66. The Morgan fingerprint density at radius 2 is 1.16 bits per heavy atom. The number of rotatable bonds is 23. The molecular formula is C32H56N4O15. The zero-order valence-corrected chi connectivity index (χ0v) is 29.2. The van der Waals surface area contributed by atoms with Crippen molar-refractivity contribution >= 4 is 29.9 Å². The van der Waals surface area contributed by atoms with Crippen LogP contribution in [0.2, 0.25) is 0 Å². The molecule has 2 heterocycles. The van der Waals surface area contributed by atoms with Crippen LogP contribution in [0.1, 0.15) is 71.6 Å². The highest BCUT2D eigenvalue weighted by Crippen LogP contribution is 2.24. The lowest BCUT2D eigenvalue weighted by molar-refractivity contribution is -0.270. The number of ether oxygens (including phenoxy) is 4. The van der Waals surface area contributed by atoms with Crippen LogP contribution in [0.3, 0.4) is 0 Å². The summed E-state index contributed by atoms with van der Waals surface area (Å²) in [6.07, 6.45) is -5.73. The number of hydrogen-bond donors (Lipinski definition) is 10. The normalized spacial score (nSPS) is 29.8. The molecule has 2 aliphatic rings. The summed E-state index contributed by atoms with van der Waals surface area (Å²) in [6.45, 7) is 1.99. The molecule has 0 radical (unpaired) electrons. The Hall–Kier alpha value is -2.85. The van der Waals surface area contributed by atoms with Crippen molar-refractivity contribution in [1.82, 2.24) is 21.3 Å². The zero-order chi connectivity index (χ0) is 37.9. The summed E-state index contributed by atoms with van der Waals surface area (Å²) in [5.41, 5.74) is 0. The monoisotopic (exact) mass is 736 g/mol. The van der Waals surface area contributed by atoms with Gasteiger partial charge in [-0.25, -0.2) is 0 Å². The first-order valence-electron chi connectivity index (χ1n) is 17.4. The number of aldehydes is 1. The van der Waals surface area contributed by atoms with Crippen LogP contribution in [0.15, 0.2) is 0 Å². The summed E-state index contributed by atoms with van der Waals surface area (Å²) >= 11 is 0. The second kappa shape index (κ2) is 23.7. The molecule has 0 saturated carbocycles. The number of nitrogens with one attached hydrogen (secondary N) is 4. The van der Waals surface area contributed by atoms with E-state index in [1.54, 1.807) is 0 Å². The third kappa shape index (κ3) is 15.3. The topological polar surface area (TPSA) is 292 Å². The van der Waals surface area contributed by atoms with E-state index in [4.69, 9.17) is 18.9 Å². The van der Waals surface area contributed by atoms with Crippen molar-refractivity contribution in [1.29, 1.82) is 0 Å². The van der Waals surface area contributed by atoms with Crippen molar-refractivity contribution in [3.8, 4) is 0 Å². The van der Waals surface area contributed by atoms with E-state index in [0.717, 1.165) is 0 Å². The molecule has 11 atom stereocenters. The highest BCUT2D eigenvalue weighted by molar-refractivity contribution is 5.79. The molecule has 0 aromatic heterocycles. The van der Waals surface area contributed by atoms with Gasteiger partial charge in [-0.3, -0.25) is 19.2 Å². The van der Waals surface area contributed by atoms with E-state index < -0.39 is 92.4 Å². The first kappa shape index (κ1) is 44.3. The van der Waals surface area contributed by atoms with E-state index in [1.807, 2.05) is 0 Å². The van der Waals surface area contributed by atoms with Crippen molar-refractivity contribution in [3.05, 3.63) is 0 Å². The van der Waals surface area contributed by atoms with E-state index >= 15 is 0 Å². The maximum atomic E-state index is 12.3. The Kier molecular flexibility index (Phi) is 20.6. The van der Waals surface area contributed by atoms with Gasteiger partial charge in [-0.2, -0.15) is 0 Å². The second-order valence-electron chi connectivity index (χ2n) is 12.7. The molecule has 0 bridgehead atoms. The number of carbonyl (C=O) groups excluding carboxylic acids is 5. The number of aliphatic hydroxyl groups excluding tert-OH is 6. The summed E-state index contributed by atoms with van der Waals surface area (Å²) in [5, 5.41) is 70.0. The van der Waals surface area contributed by atoms with Crippen LogP contribution in [-0.4, -0.2) is 161 Å². The van der Waals surface area contributed by atoms with E-state index in [0.29, 0.717) is 57.8 Å². The minimum Gasteiger partial charge on any atom is -0.394 e. The smallest absolute Gasteiger partial charge is 0.220 e. The molecule has 0 aromatic carbocycles. The first-order valence-corrected chi connectivity index (χ1v) is 17.4. The van der Waals surface area contributed by atoms with Gasteiger partial charge in [0.05, 0.1) is 19.3 Å². The van der Waals surface area contributed by atoms with Gasteiger partial charge >= 0.3 is 0 Å². The highest BCUT2D eigenvalue weighted by atomic mass is 16.7. The van der Waals surface area contributed by atoms with Gasteiger partial charge in [0.2, 0.25) is 23.6 Å². The van der Waals surface area contributed by atoms with Gasteiger partial charge in [0.15, 0.2) is 12.6 Å². The lowest BCUT2D eigenvalue weighted by Crippen LogP contribution is -2.64. The van der Waals surface area contributed by atoms with Crippen molar-refractivity contribution in [2.24, 2.45) is 0 Å². The zero-order valence-electron chi connectivity index (χ0n) is 29.2. The quantitative estimate of drug-likeness (QED) is 0.0356. The van der Waals surface area contributed by atoms with E-state index in [1.165, 1.54) is 13.8 Å². The average Bonchev–Trinajstić information content (AvgIpc) is 3.09. The van der Waals surface area contributed by atoms with Gasteiger partial charge in [-0.05, 0) is 44.9 Å². The molecule has 2 saturated heterocycles. The van der Waals surface area contributed by atoms with Crippen LogP contribution in [0.4, 0.5) is 0 Å². The molecule has 19 heteroatoms. The standard InChI is InChI=1S/C32H56N4O15/c1-18(40)34-25-29(46)27(44)21(16-38)50-31(25)48-13-7-4-10-23(42)33-12-6-3-9-20(15-37)36-24(43)11-5-8-14-49-32-26(35-19(2)41)30(47)28(45)22(17-39)51-32/h15,20-22,25-32,38-39,44-47H,3-14,16-17H2,1-2H3,(H,33,42)(H,34,40)(H,35,41)(H,36,43). The Morgan fingerprint density at radius 1 is 0.686 bits per heavy atom. The number of amides is 4. The second-order valence-corrected chi connectivity index (χ2v) is 12.7. The molecule has 4 amide bonds. The summed E-state index contributed by atoms with van der Waals surface area (Å²) < 4.78 is 22.2. The molecule has 0 aromatic rings. The van der Waals surface area contributed by atoms with E-state index in [2.05, 4.69) is 21.3 Å². The molecule has 2 rings (SSSR count). The van der Waals surface area contributed by atoms with Gasteiger partial charge in [0.25, 0.3) is 0 Å². The van der Waals surface area contributed by atoms with Crippen molar-refractivity contribution in [3.63, 3.8) is 0 Å². The van der Waals surface area contributed by atoms with Gasteiger partial charge < -0.3 is 75.6 Å². The lowest BCUT2D eigenvalue weighted by atomic mass is 9.97. The minimum atomic E-state index is -1.42. The van der Waals surface area contributed by atoms with Crippen LogP contribution in [-0.2, 0) is 42.9 Å². The maximum absolute atomic E-state index is 12.3. The van der Waals surface area contributed by atoms with E-state index in [9.17, 15) is 54.6 Å². The number of aliphatic hydroxyl groups is 6. The molecule has 2 aliphatic heterocycles. The van der Waals surface area contributed by atoms with E-state index in [-0.39, 0.29) is 37.9 Å². The first-order chi connectivity index (χ1) is 24.3. The largest absolute Gasteiger partial charge is 0.394 e. The highest BCUT2D eigenvalue weighted by Gasteiger charge is 2.46. The fraction of sp³-hybridized carbons (Fsp3) is 0.844. The Labute approximate surface area is 296 Å². The molecule has 294 valence electrons. The number of hydrogen-bond acceptors (Lipinski definition) is 15. The van der Waals surface area contributed by atoms with Gasteiger partial charge in [-0.1, -0.05) is 0 Å². The third-order valence-corrected chi connectivity index (χ3v) is 8.44. The lowest BCUT2D eigenvalue weighted by Gasteiger charge is -2.42.